The van der Waals surface area contributed by atoms with Gasteiger partial charge >= 0.3 is 0 Å². The van der Waals surface area contributed by atoms with E-state index < -0.39 is 0 Å². The van der Waals surface area contributed by atoms with Gasteiger partial charge in [0.2, 0.25) is 0 Å². The van der Waals surface area contributed by atoms with Gasteiger partial charge in [0.05, 0.1) is 0 Å². The van der Waals surface area contributed by atoms with Crippen LogP contribution in [0.25, 0.3) is 0 Å². The summed E-state index contributed by atoms with van der Waals surface area (Å²) in [5, 5.41) is 11.9. The normalized spacial score (nSPS) is 21.8. The van der Waals surface area contributed by atoms with E-state index in [0.29, 0.717) is 0 Å². The molecular weight excluding hydrogens is 176 g/mol. The molecule has 0 spiro atoms. The highest BCUT2D eigenvalue weighted by Gasteiger charge is 2.24. The van der Waals surface area contributed by atoms with Gasteiger partial charge in [-0.3, -0.25) is 5.84 Å². The Kier molecular flexibility index (Phi) is 3.08. The van der Waals surface area contributed by atoms with Crippen molar-refractivity contribution < 1.29 is 0 Å². The number of dihydropyridines is 1. The summed E-state index contributed by atoms with van der Waals surface area (Å²) < 4.78 is 0. The summed E-state index contributed by atoms with van der Waals surface area (Å²) >= 11 is 0. The highest BCUT2D eigenvalue weighted by molar-refractivity contribution is 5.79. The zero-order valence-electron chi connectivity index (χ0n) is 8.91. The first-order chi connectivity index (χ1) is 6.45. The van der Waals surface area contributed by atoms with E-state index in [-0.39, 0.29) is 11.7 Å². The standard InChI is InChI=1S/C10H18N4/c1-10(2,3)14(12)9-5-4-8(6-11)7-13-9/h4-7,9,11,13H,12H2,1-3H3. The monoisotopic (exact) mass is 194 g/mol. The number of hydrogen-bond acceptors (Lipinski definition) is 4. The first-order valence-corrected chi connectivity index (χ1v) is 4.64. The predicted octanol–water partition coefficient (Wildman–Crippen LogP) is 0.980. The smallest absolute Gasteiger partial charge is 0.112 e. The van der Waals surface area contributed by atoms with E-state index in [9.17, 15) is 0 Å². The van der Waals surface area contributed by atoms with Crippen LogP contribution >= 0.6 is 0 Å². The van der Waals surface area contributed by atoms with Crippen molar-refractivity contribution >= 4 is 6.21 Å². The minimum absolute atomic E-state index is 0.00120. The van der Waals surface area contributed by atoms with Crippen molar-refractivity contribution in [1.29, 1.82) is 5.41 Å². The number of nitrogens with zero attached hydrogens (tertiary/aromatic N) is 1. The molecule has 0 saturated carbocycles. The number of nitrogens with two attached hydrogens (primary N) is 1. The van der Waals surface area contributed by atoms with E-state index in [1.807, 2.05) is 12.2 Å². The summed E-state index contributed by atoms with van der Waals surface area (Å²) in [4.78, 5) is 0. The maximum absolute atomic E-state index is 7.06. The summed E-state index contributed by atoms with van der Waals surface area (Å²) in [6, 6.07) is 0. The van der Waals surface area contributed by atoms with Gasteiger partial charge < -0.3 is 10.7 Å². The van der Waals surface area contributed by atoms with Gasteiger partial charge in [-0.1, -0.05) is 6.08 Å². The summed E-state index contributed by atoms with van der Waals surface area (Å²) in [7, 11) is 0. The molecule has 4 nitrogen and oxygen atoms in total. The molecule has 14 heavy (non-hydrogen) atoms. The van der Waals surface area contributed by atoms with Gasteiger partial charge in [-0.15, -0.1) is 0 Å². The highest BCUT2D eigenvalue weighted by atomic mass is 15.5. The van der Waals surface area contributed by atoms with E-state index >= 15 is 0 Å². The average Bonchev–Trinajstić information content (AvgIpc) is 2.15. The van der Waals surface area contributed by atoms with Crippen LogP contribution in [0.3, 0.4) is 0 Å². The molecule has 4 N–H and O–H groups in total. The first-order valence-electron chi connectivity index (χ1n) is 4.64. The molecule has 1 rings (SSSR count). The number of allylic oxidation sites excluding steroid dienone is 2. The van der Waals surface area contributed by atoms with Crippen LogP contribution in [0.2, 0.25) is 0 Å². The second-order valence-electron chi connectivity index (χ2n) is 4.34. The largest absolute Gasteiger partial charge is 0.371 e. The number of hydrazine groups is 1. The van der Waals surface area contributed by atoms with Crippen molar-refractivity contribution in [3.8, 4) is 0 Å². The SMILES string of the molecule is CC(C)(C)N(N)C1C=CC(C=N)=CN1. The van der Waals surface area contributed by atoms with Crippen LogP contribution in [0.5, 0.6) is 0 Å². The summed E-state index contributed by atoms with van der Waals surface area (Å²) in [6.45, 7) is 6.16. The third-order valence-electron chi connectivity index (χ3n) is 2.13. The molecule has 1 unspecified atom stereocenters. The molecule has 0 aliphatic carbocycles. The minimum atomic E-state index is -0.0853. The molecule has 0 radical (unpaired) electrons. The van der Waals surface area contributed by atoms with Crippen molar-refractivity contribution in [1.82, 2.24) is 10.3 Å². The topological polar surface area (TPSA) is 65.1 Å². The summed E-state index contributed by atoms with van der Waals surface area (Å²) in [5.41, 5.74) is 0.765. The molecule has 1 heterocycles. The Balaban J connectivity index is 2.64. The maximum atomic E-state index is 7.06. The van der Waals surface area contributed by atoms with Gasteiger partial charge in [0, 0.05) is 23.5 Å². The van der Waals surface area contributed by atoms with Crippen molar-refractivity contribution in [3.05, 3.63) is 23.9 Å². The quantitative estimate of drug-likeness (QED) is 0.349. The fourth-order valence-corrected chi connectivity index (χ4v) is 1.17. The van der Waals surface area contributed by atoms with Crippen molar-refractivity contribution in [2.24, 2.45) is 5.84 Å². The van der Waals surface area contributed by atoms with Gasteiger partial charge in [0.25, 0.3) is 0 Å². The van der Waals surface area contributed by atoms with Crippen LogP contribution in [-0.4, -0.2) is 22.9 Å². The molecule has 1 aliphatic rings. The van der Waals surface area contributed by atoms with Crippen LogP contribution in [0.4, 0.5) is 0 Å². The predicted molar refractivity (Wildman–Crippen MR) is 58.7 cm³/mol. The van der Waals surface area contributed by atoms with E-state index in [2.05, 4.69) is 26.1 Å². The fraction of sp³-hybridized carbons (Fsp3) is 0.500. The zero-order valence-corrected chi connectivity index (χ0v) is 8.91. The molecule has 1 atom stereocenters. The summed E-state index contributed by atoms with van der Waals surface area (Å²) in [5.74, 6) is 5.95. The van der Waals surface area contributed by atoms with Crippen LogP contribution in [0.1, 0.15) is 20.8 Å². The highest BCUT2D eigenvalue weighted by Crippen LogP contribution is 2.13. The van der Waals surface area contributed by atoms with E-state index in [1.165, 1.54) is 6.21 Å². The lowest BCUT2D eigenvalue weighted by atomic mass is 10.1. The van der Waals surface area contributed by atoms with E-state index in [0.717, 1.165) is 5.57 Å². The van der Waals surface area contributed by atoms with Crippen LogP contribution in [0, 0.1) is 5.41 Å². The molecule has 1 aliphatic heterocycles. The molecule has 4 heteroatoms. The maximum Gasteiger partial charge on any atom is 0.112 e. The zero-order chi connectivity index (χ0) is 10.8. The second kappa shape index (κ2) is 3.94. The summed E-state index contributed by atoms with van der Waals surface area (Å²) in [6.07, 6.45) is 6.94. The molecular formula is C10H18N4. The minimum Gasteiger partial charge on any atom is -0.371 e. The van der Waals surface area contributed by atoms with Crippen LogP contribution in [0.15, 0.2) is 23.9 Å². The number of nitrogens with one attached hydrogen (secondary N) is 2. The van der Waals surface area contributed by atoms with Crippen molar-refractivity contribution in [2.45, 2.75) is 32.5 Å². The van der Waals surface area contributed by atoms with Gasteiger partial charge in [-0.05, 0) is 26.8 Å². The van der Waals surface area contributed by atoms with Crippen LogP contribution in [-0.2, 0) is 0 Å². The second-order valence-corrected chi connectivity index (χ2v) is 4.34. The Morgan fingerprint density at radius 2 is 2.21 bits per heavy atom. The van der Waals surface area contributed by atoms with E-state index in [4.69, 9.17) is 11.3 Å². The lowest BCUT2D eigenvalue weighted by molar-refractivity contribution is 0.0941. The number of hydrogen-bond donors (Lipinski definition) is 3. The molecule has 78 valence electrons. The first kappa shape index (κ1) is 10.9. The molecule has 0 bridgehead atoms. The molecule has 0 aromatic carbocycles. The molecule has 0 aromatic rings. The Bertz CT molecular complexity index is 272. The molecule has 0 fully saturated rings. The average molecular weight is 194 g/mol. The third kappa shape index (κ3) is 2.43. The lowest BCUT2D eigenvalue weighted by Crippen LogP contribution is -2.56. The molecule has 0 amide bonds. The van der Waals surface area contributed by atoms with Gasteiger partial charge in [0.15, 0.2) is 0 Å². The van der Waals surface area contributed by atoms with Gasteiger partial charge in [-0.2, -0.15) is 0 Å². The van der Waals surface area contributed by atoms with E-state index in [1.54, 1.807) is 11.2 Å². The van der Waals surface area contributed by atoms with Crippen LogP contribution < -0.4 is 11.2 Å². The van der Waals surface area contributed by atoms with Crippen molar-refractivity contribution in [3.63, 3.8) is 0 Å². The van der Waals surface area contributed by atoms with Gasteiger partial charge in [-0.25, -0.2) is 5.01 Å². The Morgan fingerprint density at radius 1 is 1.57 bits per heavy atom. The van der Waals surface area contributed by atoms with Gasteiger partial charge in [0.1, 0.15) is 6.17 Å². The Hall–Kier alpha value is -1.13. The molecule has 0 aromatic heterocycles. The van der Waals surface area contributed by atoms with Crippen molar-refractivity contribution in [2.75, 3.05) is 0 Å². The Labute approximate surface area is 84.9 Å². The Morgan fingerprint density at radius 3 is 2.57 bits per heavy atom. The fourth-order valence-electron chi connectivity index (χ4n) is 1.17. The third-order valence-corrected chi connectivity index (χ3v) is 2.13. The molecule has 0 saturated heterocycles. The lowest BCUT2D eigenvalue weighted by Gasteiger charge is -2.37. The number of rotatable bonds is 2.